The lowest BCUT2D eigenvalue weighted by Crippen LogP contribution is -2.29. The number of hydrogen-bond donors (Lipinski definition) is 3. The van der Waals surface area contributed by atoms with E-state index in [9.17, 15) is 9.90 Å². The lowest BCUT2D eigenvalue weighted by atomic mass is 9.76. The van der Waals surface area contributed by atoms with E-state index < -0.39 is 0 Å². The van der Waals surface area contributed by atoms with Crippen LogP contribution in [0.3, 0.4) is 0 Å². The topological polar surface area (TPSA) is 75.3 Å². The average Bonchev–Trinajstić information content (AvgIpc) is 2.32. The molecule has 2 atom stereocenters. The van der Waals surface area contributed by atoms with Gasteiger partial charge < -0.3 is 16.2 Å². The highest BCUT2D eigenvalue weighted by Gasteiger charge is 2.24. The van der Waals surface area contributed by atoms with E-state index in [-0.39, 0.29) is 17.4 Å². The number of hydrogen-bond acceptors (Lipinski definition) is 3. The molecule has 1 amide bonds. The molecule has 0 spiro atoms. The number of rotatable bonds is 9. The first-order valence-corrected chi connectivity index (χ1v) is 7.46. The summed E-state index contributed by atoms with van der Waals surface area (Å²) in [7, 11) is 0. The van der Waals surface area contributed by atoms with E-state index in [0.29, 0.717) is 31.8 Å². The van der Waals surface area contributed by atoms with Crippen LogP contribution >= 0.6 is 0 Å². The highest BCUT2D eigenvalue weighted by atomic mass is 16.3. The number of carbonyl (C=O) groups excluding carboxylic acids is 1. The average molecular weight is 272 g/mol. The normalized spacial score (nSPS) is 15.1. The highest BCUT2D eigenvalue weighted by Crippen LogP contribution is 2.31. The van der Waals surface area contributed by atoms with Gasteiger partial charge in [0.2, 0.25) is 5.91 Å². The fraction of sp³-hybridized carbons (Fsp3) is 0.933. The number of nitrogens with one attached hydrogen (secondary N) is 1. The molecule has 0 aromatic rings. The first-order valence-electron chi connectivity index (χ1n) is 7.46. The Morgan fingerprint density at radius 3 is 2.37 bits per heavy atom. The fourth-order valence-corrected chi connectivity index (χ4v) is 2.19. The second-order valence-electron chi connectivity index (χ2n) is 6.38. The van der Waals surface area contributed by atoms with Gasteiger partial charge in [0, 0.05) is 13.0 Å². The van der Waals surface area contributed by atoms with Crippen LogP contribution < -0.4 is 11.1 Å². The van der Waals surface area contributed by atoms with E-state index in [1.165, 1.54) is 0 Å². The molecular weight excluding hydrogens is 240 g/mol. The van der Waals surface area contributed by atoms with Crippen molar-refractivity contribution >= 4 is 5.91 Å². The molecule has 4 nitrogen and oxygen atoms in total. The SMILES string of the molecule is CCC(O)CCNC(=O)CCC(CCN)C(C)(C)C. The minimum atomic E-state index is -0.306. The van der Waals surface area contributed by atoms with Gasteiger partial charge in [-0.3, -0.25) is 4.79 Å². The lowest BCUT2D eigenvalue weighted by molar-refractivity contribution is -0.121. The molecule has 0 aliphatic rings. The van der Waals surface area contributed by atoms with Crippen molar-refractivity contribution in [3.63, 3.8) is 0 Å². The summed E-state index contributed by atoms with van der Waals surface area (Å²) in [5.41, 5.74) is 5.83. The van der Waals surface area contributed by atoms with Crippen molar-refractivity contribution in [1.82, 2.24) is 5.32 Å². The number of amides is 1. The quantitative estimate of drug-likeness (QED) is 0.601. The van der Waals surface area contributed by atoms with Gasteiger partial charge in [-0.2, -0.15) is 0 Å². The van der Waals surface area contributed by atoms with E-state index >= 15 is 0 Å². The predicted molar refractivity (Wildman–Crippen MR) is 79.8 cm³/mol. The van der Waals surface area contributed by atoms with Gasteiger partial charge in [0.15, 0.2) is 0 Å². The molecule has 19 heavy (non-hydrogen) atoms. The number of carbonyl (C=O) groups is 1. The molecule has 0 saturated heterocycles. The summed E-state index contributed by atoms with van der Waals surface area (Å²) in [4.78, 5) is 11.7. The largest absolute Gasteiger partial charge is 0.393 e. The Labute approximate surface area is 118 Å². The van der Waals surface area contributed by atoms with E-state index in [1.54, 1.807) is 0 Å². The minimum absolute atomic E-state index is 0.0783. The molecule has 0 aromatic carbocycles. The van der Waals surface area contributed by atoms with Crippen LogP contribution in [0.15, 0.2) is 0 Å². The van der Waals surface area contributed by atoms with E-state index in [4.69, 9.17) is 5.73 Å². The molecule has 0 fully saturated rings. The molecule has 0 aromatic heterocycles. The van der Waals surface area contributed by atoms with Crippen LogP contribution in [0.4, 0.5) is 0 Å². The van der Waals surface area contributed by atoms with Crippen LogP contribution in [0.1, 0.15) is 59.8 Å². The molecule has 2 unspecified atom stereocenters. The Bertz CT molecular complexity index is 249. The summed E-state index contributed by atoms with van der Waals surface area (Å²) in [6, 6.07) is 0. The Morgan fingerprint density at radius 1 is 1.26 bits per heavy atom. The first kappa shape index (κ1) is 18.4. The number of aliphatic hydroxyl groups excluding tert-OH is 1. The zero-order valence-corrected chi connectivity index (χ0v) is 13.0. The lowest BCUT2D eigenvalue weighted by Gasteiger charge is -2.30. The second-order valence-corrected chi connectivity index (χ2v) is 6.38. The standard InChI is InChI=1S/C15H32N2O2/c1-5-13(18)9-11-17-14(19)7-6-12(8-10-16)15(2,3)4/h12-13,18H,5-11,16H2,1-4H3,(H,17,19). The molecule has 114 valence electrons. The van der Waals surface area contributed by atoms with Crippen LogP contribution in [-0.4, -0.2) is 30.2 Å². The minimum Gasteiger partial charge on any atom is -0.393 e. The monoisotopic (exact) mass is 272 g/mol. The summed E-state index contributed by atoms with van der Waals surface area (Å²) >= 11 is 0. The van der Waals surface area contributed by atoms with Gasteiger partial charge in [0.25, 0.3) is 0 Å². The first-order chi connectivity index (χ1) is 8.81. The molecule has 0 aliphatic carbocycles. The fourth-order valence-electron chi connectivity index (χ4n) is 2.19. The zero-order chi connectivity index (χ0) is 14.9. The van der Waals surface area contributed by atoms with E-state index in [0.717, 1.165) is 19.3 Å². The summed E-state index contributed by atoms with van der Waals surface area (Å²) in [6.07, 6.45) is 3.45. The molecular formula is C15H32N2O2. The molecule has 4 heteroatoms. The van der Waals surface area contributed by atoms with Crippen molar-refractivity contribution < 1.29 is 9.90 Å². The maximum atomic E-state index is 11.7. The van der Waals surface area contributed by atoms with Gasteiger partial charge >= 0.3 is 0 Å². The molecule has 0 heterocycles. The van der Waals surface area contributed by atoms with Crippen molar-refractivity contribution in [2.45, 2.75) is 65.9 Å². The van der Waals surface area contributed by atoms with Crippen LogP contribution in [0, 0.1) is 11.3 Å². The van der Waals surface area contributed by atoms with E-state index in [2.05, 4.69) is 26.1 Å². The highest BCUT2D eigenvalue weighted by molar-refractivity contribution is 5.75. The van der Waals surface area contributed by atoms with Gasteiger partial charge in [-0.15, -0.1) is 0 Å². The molecule has 0 rings (SSSR count). The Balaban J connectivity index is 3.92. The molecule has 0 radical (unpaired) electrons. The van der Waals surface area contributed by atoms with Gasteiger partial charge in [-0.1, -0.05) is 27.7 Å². The van der Waals surface area contributed by atoms with Gasteiger partial charge in [0.05, 0.1) is 6.10 Å². The summed E-state index contributed by atoms with van der Waals surface area (Å²) in [6.45, 7) is 9.76. The van der Waals surface area contributed by atoms with Crippen molar-refractivity contribution in [2.24, 2.45) is 17.1 Å². The summed E-state index contributed by atoms with van der Waals surface area (Å²) in [5.74, 6) is 0.555. The Hall–Kier alpha value is -0.610. The van der Waals surface area contributed by atoms with Gasteiger partial charge in [-0.05, 0) is 43.6 Å². The van der Waals surface area contributed by atoms with Crippen molar-refractivity contribution in [1.29, 1.82) is 0 Å². The summed E-state index contributed by atoms with van der Waals surface area (Å²) < 4.78 is 0. The predicted octanol–water partition coefficient (Wildman–Crippen LogP) is 2.05. The third kappa shape index (κ3) is 9.00. The number of aliphatic hydroxyl groups is 1. The molecule has 4 N–H and O–H groups in total. The Kier molecular flexibility index (Phi) is 9.02. The molecule has 0 saturated carbocycles. The molecule has 0 bridgehead atoms. The Morgan fingerprint density at radius 2 is 1.89 bits per heavy atom. The number of nitrogens with two attached hydrogens (primary N) is 1. The van der Waals surface area contributed by atoms with Crippen molar-refractivity contribution in [2.75, 3.05) is 13.1 Å². The van der Waals surface area contributed by atoms with Crippen LogP contribution in [0.25, 0.3) is 0 Å². The summed E-state index contributed by atoms with van der Waals surface area (Å²) in [5, 5.41) is 12.3. The third-order valence-corrected chi connectivity index (χ3v) is 3.73. The van der Waals surface area contributed by atoms with Crippen molar-refractivity contribution in [3.05, 3.63) is 0 Å². The molecule has 0 aliphatic heterocycles. The zero-order valence-electron chi connectivity index (χ0n) is 13.0. The van der Waals surface area contributed by atoms with Crippen LogP contribution in [0.5, 0.6) is 0 Å². The smallest absolute Gasteiger partial charge is 0.220 e. The third-order valence-electron chi connectivity index (χ3n) is 3.73. The van der Waals surface area contributed by atoms with Crippen LogP contribution in [0.2, 0.25) is 0 Å². The van der Waals surface area contributed by atoms with E-state index in [1.807, 2.05) is 6.92 Å². The second kappa shape index (κ2) is 9.32. The van der Waals surface area contributed by atoms with Crippen LogP contribution in [-0.2, 0) is 4.79 Å². The van der Waals surface area contributed by atoms with Crippen molar-refractivity contribution in [3.8, 4) is 0 Å². The van der Waals surface area contributed by atoms with Gasteiger partial charge in [0.1, 0.15) is 0 Å². The van der Waals surface area contributed by atoms with Gasteiger partial charge in [-0.25, -0.2) is 0 Å². The maximum absolute atomic E-state index is 11.7. The maximum Gasteiger partial charge on any atom is 0.220 e.